The second-order valence-electron chi connectivity index (χ2n) is 4.10. The molecule has 0 bridgehead atoms. The van der Waals surface area contributed by atoms with Gasteiger partial charge in [-0.15, -0.1) is 0 Å². The zero-order chi connectivity index (χ0) is 13.1. The van der Waals surface area contributed by atoms with Gasteiger partial charge in [-0.2, -0.15) is 0 Å². The SMILES string of the molecule is COP(=O)(OC)[C@@H](O)c1ccc(C(C)C)cc1. The lowest BCUT2D eigenvalue weighted by atomic mass is 10.0. The monoisotopic (exact) mass is 258 g/mol. The van der Waals surface area contributed by atoms with E-state index in [1.54, 1.807) is 12.1 Å². The van der Waals surface area contributed by atoms with Gasteiger partial charge in [0.15, 0.2) is 5.85 Å². The summed E-state index contributed by atoms with van der Waals surface area (Å²) in [5.74, 6) is -0.837. The summed E-state index contributed by atoms with van der Waals surface area (Å²) >= 11 is 0. The minimum absolute atomic E-state index is 0.415. The number of hydrogen-bond donors (Lipinski definition) is 1. The molecule has 1 aromatic rings. The van der Waals surface area contributed by atoms with Crippen molar-refractivity contribution < 1.29 is 18.7 Å². The van der Waals surface area contributed by atoms with E-state index in [2.05, 4.69) is 13.8 Å². The van der Waals surface area contributed by atoms with Crippen molar-refractivity contribution >= 4 is 7.60 Å². The fourth-order valence-corrected chi connectivity index (χ4v) is 2.60. The molecule has 17 heavy (non-hydrogen) atoms. The van der Waals surface area contributed by atoms with Gasteiger partial charge in [-0.1, -0.05) is 38.1 Å². The fraction of sp³-hybridized carbons (Fsp3) is 0.500. The summed E-state index contributed by atoms with van der Waals surface area (Å²) in [6, 6.07) is 7.28. The van der Waals surface area contributed by atoms with Gasteiger partial charge in [0.05, 0.1) is 0 Å². The van der Waals surface area contributed by atoms with Crippen LogP contribution in [-0.2, 0) is 13.6 Å². The molecule has 0 aromatic heterocycles. The molecule has 0 aliphatic rings. The van der Waals surface area contributed by atoms with Crippen LogP contribution in [0.1, 0.15) is 36.7 Å². The normalized spacial score (nSPS) is 14.0. The Labute approximate surface area is 102 Å². The summed E-state index contributed by atoms with van der Waals surface area (Å²) in [5.41, 5.74) is 1.69. The van der Waals surface area contributed by atoms with Crippen molar-refractivity contribution in [2.24, 2.45) is 0 Å². The van der Waals surface area contributed by atoms with Crippen LogP contribution >= 0.6 is 7.60 Å². The Morgan fingerprint density at radius 1 is 1.06 bits per heavy atom. The van der Waals surface area contributed by atoms with E-state index in [1.807, 2.05) is 12.1 Å². The molecule has 1 atom stereocenters. The zero-order valence-corrected chi connectivity index (χ0v) is 11.5. The molecule has 1 N–H and O–H groups in total. The van der Waals surface area contributed by atoms with Crippen LogP contribution in [0.15, 0.2) is 24.3 Å². The van der Waals surface area contributed by atoms with Gasteiger partial charge in [0.1, 0.15) is 0 Å². The van der Waals surface area contributed by atoms with Crippen molar-refractivity contribution in [3.8, 4) is 0 Å². The second-order valence-corrected chi connectivity index (χ2v) is 6.40. The van der Waals surface area contributed by atoms with Gasteiger partial charge in [0.2, 0.25) is 0 Å². The molecule has 0 fully saturated rings. The molecular formula is C12H19O4P. The molecule has 0 saturated carbocycles. The first kappa shape index (κ1) is 14.4. The van der Waals surface area contributed by atoms with E-state index >= 15 is 0 Å². The van der Waals surface area contributed by atoms with E-state index in [-0.39, 0.29) is 0 Å². The summed E-state index contributed by atoms with van der Waals surface area (Å²) in [7, 11) is -0.958. The van der Waals surface area contributed by atoms with Crippen LogP contribution in [0.5, 0.6) is 0 Å². The number of rotatable bonds is 5. The topological polar surface area (TPSA) is 55.8 Å². The molecule has 0 radical (unpaired) electrons. The van der Waals surface area contributed by atoms with Gasteiger partial charge in [-0.25, -0.2) is 0 Å². The molecule has 0 spiro atoms. The Bertz CT molecular complexity index is 391. The van der Waals surface area contributed by atoms with Crippen LogP contribution in [0.25, 0.3) is 0 Å². The lowest BCUT2D eigenvalue weighted by Gasteiger charge is -2.20. The lowest BCUT2D eigenvalue weighted by Crippen LogP contribution is -2.03. The third-order valence-electron chi connectivity index (χ3n) is 2.71. The van der Waals surface area contributed by atoms with Gasteiger partial charge in [0, 0.05) is 14.2 Å². The van der Waals surface area contributed by atoms with E-state index in [1.165, 1.54) is 14.2 Å². The van der Waals surface area contributed by atoms with Gasteiger partial charge < -0.3 is 14.2 Å². The first-order valence-electron chi connectivity index (χ1n) is 5.43. The largest absolute Gasteiger partial charge is 0.376 e. The van der Waals surface area contributed by atoms with E-state index < -0.39 is 13.4 Å². The fourth-order valence-electron chi connectivity index (χ4n) is 1.51. The smallest absolute Gasteiger partial charge is 0.362 e. The maximum absolute atomic E-state index is 12.0. The van der Waals surface area contributed by atoms with Gasteiger partial charge in [0.25, 0.3) is 0 Å². The summed E-state index contributed by atoms with van der Waals surface area (Å²) < 4.78 is 21.5. The molecule has 0 aliphatic heterocycles. The summed E-state index contributed by atoms with van der Waals surface area (Å²) in [6.45, 7) is 4.17. The highest BCUT2D eigenvalue weighted by atomic mass is 31.2. The molecule has 5 heteroatoms. The second kappa shape index (κ2) is 5.78. The van der Waals surface area contributed by atoms with E-state index in [4.69, 9.17) is 9.05 Å². The van der Waals surface area contributed by atoms with Crippen molar-refractivity contribution in [2.45, 2.75) is 25.6 Å². The standard InChI is InChI=1S/C12H19O4P/c1-9(2)10-5-7-11(8-6-10)12(13)17(14,15-3)16-4/h5-9,12-13H,1-4H3/t12-/m1/s1. The summed E-state index contributed by atoms with van der Waals surface area (Å²) in [5, 5.41) is 9.96. The Kier molecular flexibility index (Phi) is 4.90. The van der Waals surface area contributed by atoms with E-state index in [9.17, 15) is 9.67 Å². The summed E-state index contributed by atoms with van der Waals surface area (Å²) in [6.07, 6.45) is 0. The zero-order valence-electron chi connectivity index (χ0n) is 10.6. The van der Waals surface area contributed by atoms with Crippen LogP contribution in [-0.4, -0.2) is 19.3 Å². The van der Waals surface area contributed by atoms with Gasteiger partial charge in [-0.05, 0) is 17.0 Å². The molecule has 0 amide bonds. The predicted molar refractivity (Wildman–Crippen MR) is 67.1 cm³/mol. The first-order chi connectivity index (χ1) is 7.94. The maximum Gasteiger partial charge on any atom is 0.362 e. The number of hydrogen-bond acceptors (Lipinski definition) is 4. The number of aliphatic hydroxyl groups is 1. The molecule has 0 saturated heterocycles. The molecule has 4 nitrogen and oxygen atoms in total. The summed E-state index contributed by atoms with van der Waals surface area (Å²) in [4.78, 5) is 0. The van der Waals surface area contributed by atoms with Crippen molar-refractivity contribution in [3.63, 3.8) is 0 Å². The molecule has 1 rings (SSSR count). The molecular weight excluding hydrogens is 239 g/mol. The highest BCUT2D eigenvalue weighted by Crippen LogP contribution is 2.58. The Balaban J connectivity index is 2.97. The van der Waals surface area contributed by atoms with Gasteiger partial charge >= 0.3 is 7.60 Å². The molecule has 0 heterocycles. The van der Waals surface area contributed by atoms with Crippen LogP contribution in [0, 0.1) is 0 Å². The van der Waals surface area contributed by atoms with E-state index in [0.717, 1.165) is 5.56 Å². The number of aliphatic hydroxyl groups excluding tert-OH is 1. The molecule has 96 valence electrons. The average Bonchev–Trinajstić information content (AvgIpc) is 2.37. The van der Waals surface area contributed by atoms with Crippen LogP contribution in [0.2, 0.25) is 0 Å². The highest BCUT2D eigenvalue weighted by molar-refractivity contribution is 7.53. The first-order valence-corrected chi connectivity index (χ1v) is 7.05. The minimum Gasteiger partial charge on any atom is -0.376 e. The lowest BCUT2D eigenvalue weighted by molar-refractivity contribution is 0.176. The van der Waals surface area contributed by atoms with Crippen LogP contribution in [0.3, 0.4) is 0 Å². The Hall–Kier alpha value is -0.670. The Morgan fingerprint density at radius 3 is 1.82 bits per heavy atom. The third kappa shape index (κ3) is 3.17. The van der Waals surface area contributed by atoms with Crippen molar-refractivity contribution in [2.75, 3.05) is 14.2 Å². The average molecular weight is 258 g/mol. The molecule has 0 aliphatic carbocycles. The van der Waals surface area contributed by atoms with Crippen molar-refractivity contribution in [1.82, 2.24) is 0 Å². The molecule has 1 aromatic carbocycles. The number of benzene rings is 1. The van der Waals surface area contributed by atoms with Crippen LogP contribution < -0.4 is 0 Å². The Morgan fingerprint density at radius 2 is 1.47 bits per heavy atom. The predicted octanol–water partition coefficient (Wildman–Crippen LogP) is 3.29. The van der Waals surface area contributed by atoms with E-state index in [0.29, 0.717) is 11.5 Å². The third-order valence-corrected chi connectivity index (χ3v) is 4.62. The highest BCUT2D eigenvalue weighted by Gasteiger charge is 2.33. The van der Waals surface area contributed by atoms with Gasteiger partial charge in [-0.3, -0.25) is 4.57 Å². The van der Waals surface area contributed by atoms with Crippen LogP contribution in [0.4, 0.5) is 0 Å². The minimum atomic E-state index is -3.48. The maximum atomic E-state index is 12.0. The quantitative estimate of drug-likeness (QED) is 0.823. The van der Waals surface area contributed by atoms with Crippen molar-refractivity contribution in [1.29, 1.82) is 0 Å². The molecule has 0 unspecified atom stereocenters. The van der Waals surface area contributed by atoms with Crippen molar-refractivity contribution in [3.05, 3.63) is 35.4 Å².